The molecular weight excluding hydrogens is 375 g/mol. The summed E-state index contributed by atoms with van der Waals surface area (Å²) in [5, 5.41) is 5.48. The van der Waals surface area contributed by atoms with E-state index in [2.05, 4.69) is 26.6 Å². The van der Waals surface area contributed by atoms with E-state index in [0.717, 1.165) is 5.56 Å². The normalized spacial score (nSPS) is 10.2. The molecule has 0 aromatic heterocycles. The summed E-state index contributed by atoms with van der Waals surface area (Å²) in [6.45, 7) is 0.741. The van der Waals surface area contributed by atoms with Crippen LogP contribution in [-0.2, 0) is 11.2 Å². The van der Waals surface area contributed by atoms with Gasteiger partial charge in [0.1, 0.15) is 5.82 Å². The van der Waals surface area contributed by atoms with Crippen molar-refractivity contribution in [2.24, 2.45) is 0 Å². The largest absolute Gasteiger partial charge is 0.356 e. The minimum atomic E-state index is -0.308. The average molecular weight is 393 g/mol. The van der Waals surface area contributed by atoms with Gasteiger partial charge in [0.05, 0.1) is 4.47 Å². The third-order valence-electron chi connectivity index (χ3n) is 3.39. The molecule has 0 radical (unpaired) electrons. The number of hydrogen-bond donors (Lipinski definition) is 2. The fourth-order valence-electron chi connectivity index (χ4n) is 2.11. The molecule has 0 aliphatic rings. The summed E-state index contributed by atoms with van der Waals surface area (Å²) in [4.78, 5) is 23.5. The summed E-state index contributed by atoms with van der Waals surface area (Å²) in [7, 11) is 0. The Balaban J connectivity index is 1.65. The highest BCUT2D eigenvalue weighted by molar-refractivity contribution is 9.10. The maximum Gasteiger partial charge on any atom is 0.251 e. The van der Waals surface area contributed by atoms with Gasteiger partial charge in [-0.15, -0.1) is 0 Å². The molecule has 0 spiro atoms. The Kier molecular flexibility index (Phi) is 6.93. The zero-order chi connectivity index (χ0) is 17.4. The van der Waals surface area contributed by atoms with Crippen LogP contribution in [0.4, 0.5) is 4.39 Å². The molecule has 2 N–H and O–H groups in total. The maximum absolute atomic E-state index is 13.1. The lowest BCUT2D eigenvalue weighted by Crippen LogP contribution is -2.31. The first-order valence-electron chi connectivity index (χ1n) is 7.60. The van der Waals surface area contributed by atoms with Gasteiger partial charge in [0, 0.05) is 25.1 Å². The lowest BCUT2D eigenvalue weighted by molar-refractivity contribution is -0.120. The van der Waals surface area contributed by atoms with Crippen LogP contribution in [0.1, 0.15) is 22.3 Å². The Morgan fingerprint density at radius 1 is 1.00 bits per heavy atom. The third-order valence-corrected chi connectivity index (χ3v) is 4.00. The van der Waals surface area contributed by atoms with Crippen molar-refractivity contribution in [3.05, 3.63) is 69.9 Å². The highest BCUT2D eigenvalue weighted by Crippen LogP contribution is 2.16. The maximum atomic E-state index is 13.1. The minimum absolute atomic E-state index is 0.135. The molecule has 0 heterocycles. The molecule has 24 heavy (non-hydrogen) atoms. The molecule has 0 saturated heterocycles. The van der Waals surface area contributed by atoms with Gasteiger partial charge in [-0.3, -0.25) is 9.59 Å². The van der Waals surface area contributed by atoms with Crippen molar-refractivity contribution in [1.82, 2.24) is 10.6 Å². The topological polar surface area (TPSA) is 58.2 Å². The molecule has 0 bridgehead atoms. The highest BCUT2D eigenvalue weighted by Gasteiger charge is 2.06. The number of carbonyl (C=O) groups excluding carboxylic acids is 2. The number of amides is 2. The number of hydrogen-bond acceptors (Lipinski definition) is 2. The van der Waals surface area contributed by atoms with E-state index >= 15 is 0 Å². The van der Waals surface area contributed by atoms with Gasteiger partial charge in [-0.25, -0.2) is 4.39 Å². The molecule has 2 aromatic rings. The molecule has 0 aliphatic carbocycles. The molecule has 0 atom stereocenters. The van der Waals surface area contributed by atoms with E-state index in [0.29, 0.717) is 23.0 Å². The first-order chi connectivity index (χ1) is 11.6. The van der Waals surface area contributed by atoms with E-state index in [1.807, 2.05) is 6.07 Å². The Hall–Kier alpha value is -2.21. The van der Waals surface area contributed by atoms with Crippen LogP contribution in [0.3, 0.4) is 0 Å². The quantitative estimate of drug-likeness (QED) is 0.760. The van der Waals surface area contributed by atoms with Crippen molar-refractivity contribution >= 4 is 27.7 Å². The van der Waals surface area contributed by atoms with E-state index in [1.54, 1.807) is 36.4 Å². The van der Waals surface area contributed by atoms with Crippen molar-refractivity contribution in [2.45, 2.75) is 12.8 Å². The zero-order valence-corrected chi connectivity index (χ0v) is 14.6. The number of benzene rings is 2. The van der Waals surface area contributed by atoms with Gasteiger partial charge in [0.2, 0.25) is 5.91 Å². The van der Waals surface area contributed by atoms with Crippen LogP contribution in [0.15, 0.2) is 53.0 Å². The van der Waals surface area contributed by atoms with Crippen molar-refractivity contribution in [3.8, 4) is 0 Å². The van der Waals surface area contributed by atoms with Crippen LogP contribution in [0.25, 0.3) is 0 Å². The summed E-state index contributed by atoms with van der Waals surface area (Å²) >= 11 is 3.13. The van der Waals surface area contributed by atoms with E-state index in [-0.39, 0.29) is 30.6 Å². The summed E-state index contributed by atoms with van der Waals surface area (Å²) in [5.74, 6) is -0.638. The fourth-order valence-corrected chi connectivity index (χ4v) is 2.54. The van der Waals surface area contributed by atoms with Crippen molar-refractivity contribution in [2.75, 3.05) is 13.1 Å². The predicted molar refractivity (Wildman–Crippen MR) is 94.2 cm³/mol. The molecule has 0 saturated carbocycles. The van der Waals surface area contributed by atoms with E-state index in [4.69, 9.17) is 0 Å². The molecule has 6 heteroatoms. The number of nitrogens with one attached hydrogen (secondary N) is 2. The molecule has 2 amide bonds. The van der Waals surface area contributed by atoms with E-state index in [9.17, 15) is 14.0 Å². The van der Waals surface area contributed by atoms with Gasteiger partial charge in [-0.05, 0) is 52.2 Å². The van der Waals surface area contributed by atoms with Crippen LogP contribution in [0, 0.1) is 5.82 Å². The van der Waals surface area contributed by atoms with Crippen molar-refractivity contribution in [3.63, 3.8) is 0 Å². The second-order valence-electron chi connectivity index (χ2n) is 5.22. The second-order valence-corrected chi connectivity index (χ2v) is 6.07. The summed E-state index contributed by atoms with van der Waals surface area (Å²) in [6.07, 6.45) is 0.826. The summed E-state index contributed by atoms with van der Waals surface area (Å²) in [6, 6.07) is 13.6. The first kappa shape index (κ1) is 18.1. The predicted octanol–water partition coefficient (Wildman–Crippen LogP) is 3.07. The molecule has 2 rings (SSSR count). The molecule has 0 aliphatic heterocycles. The van der Waals surface area contributed by atoms with Gasteiger partial charge >= 0.3 is 0 Å². The van der Waals surface area contributed by atoms with E-state index < -0.39 is 0 Å². The highest BCUT2D eigenvalue weighted by atomic mass is 79.9. The minimum Gasteiger partial charge on any atom is -0.356 e. The fraction of sp³-hybridized carbons (Fsp3) is 0.222. The third kappa shape index (κ3) is 5.77. The summed E-state index contributed by atoms with van der Waals surface area (Å²) < 4.78 is 13.5. The van der Waals surface area contributed by atoms with Gasteiger partial charge < -0.3 is 10.6 Å². The van der Waals surface area contributed by atoms with Crippen LogP contribution in [0.5, 0.6) is 0 Å². The Bertz CT molecular complexity index is 707. The van der Waals surface area contributed by atoms with Gasteiger partial charge in [-0.2, -0.15) is 0 Å². The van der Waals surface area contributed by atoms with Gasteiger partial charge in [0.25, 0.3) is 5.91 Å². The first-order valence-corrected chi connectivity index (χ1v) is 8.39. The molecular formula is C18H18BrFN2O2. The second kappa shape index (κ2) is 9.17. The smallest absolute Gasteiger partial charge is 0.251 e. The molecule has 4 nitrogen and oxygen atoms in total. The monoisotopic (exact) mass is 392 g/mol. The molecule has 0 fully saturated rings. The summed E-state index contributed by atoms with van der Waals surface area (Å²) in [5.41, 5.74) is 1.50. The molecule has 2 aromatic carbocycles. The van der Waals surface area contributed by atoms with E-state index in [1.165, 1.54) is 6.07 Å². The van der Waals surface area contributed by atoms with Crippen LogP contribution < -0.4 is 10.6 Å². The lowest BCUT2D eigenvalue weighted by atomic mass is 10.1. The molecule has 126 valence electrons. The van der Waals surface area contributed by atoms with Gasteiger partial charge in [-0.1, -0.05) is 24.3 Å². The van der Waals surface area contributed by atoms with Gasteiger partial charge in [0.15, 0.2) is 0 Å². The Morgan fingerprint density at radius 2 is 1.75 bits per heavy atom. The number of rotatable bonds is 7. The molecule has 0 unspecified atom stereocenters. The van der Waals surface area contributed by atoms with Crippen molar-refractivity contribution < 1.29 is 14.0 Å². The van der Waals surface area contributed by atoms with Crippen LogP contribution in [-0.4, -0.2) is 24.9 Å². The Labute approximate surface area is 148 Å². The zero-order valence-electron chi connectivity index (χ0n) is 13.0. The number of halogens is 2. The number of carbonyl (C=O) groups is 2. The lowest BCUT2D eigenvalue weighted by Gasteiger charge is -2.07. The Morgan fingerprint density at radius 3 is 2.46 bits per heavy atom. The SMILES string of the molecule is O=C(CCNC(=O)c1ccccc1)NCCc1ccc(F)c(Br)c1. The van der Waals surface area contributed by atoms with Crippen molar-refractivity contribution in [1.29, 1.82) is 0 Å². The van der Waals surface area contributed by atoms with Crippen LogP contribution >= 0.6 is 15.9 Å². The van der Waals surface area contributed by atoms with Crippen LogP contribution in [0.2, 0.25) is 0 Å². The standard InChI is InChI=1S/C18H18BrFN2O2/c19-15-12-13(6-7-16(15)20)8-10-21-17(23)9-11-22-18(24)14-4-2-1-3-5-14/h1-7,12H,8-11H2,(H,21,23)(H,22,24). The average Bonchev–Trinajstić information content (AvgIpc) is 2.59.